The van der Waals surface area contributed by atoms with Crippen LogP contribution in [0.1, 0.15) is 24.0 Å². The van der Waals surface area contributed by atoms with Crippen molar-refractivity contribution in [2.24, 2.45) is 5.84 Å². The van der Waals surface area contributed by atoms with Gasteiger partial charge >= 0.3 is 0 Å². The van der Waals surface area contributed by atoms with Crippen LogP contribution >= 0.6 is 0 Å². The van der Waals surface area contributed by atoms with Crippen LogP contribution in [0.2, 0.25) is 0 Å². The lowest BCUT2D eigenvalue weighted by molar-refractivity contribution is 0.414. The SMILES string of the molecule is COc1ccc(CCC(CCc2cccnc2)NN)cc1. The van der Waals surface area contributed by atoms with E-state index in [0.29, 0.717) is 6.04 Å². The predicted octanol–water partition coefficient (Wildman–Crippen LogP) is 2.49. The van der Waals surface area contributed by atoms with E-state index in [1.165, 1.54) is 11.1 Å². The van der Waals surface area contributed by atoms with Crippen molar-refractivity contribution in [3.05, 3.63) is 59.9 Å². The van der Waals surface area contributed by atoms with E-state index in [0.717, 1.165) is 31.4 Å². The van der Waals surface area contributed by atoms with Gasteiger partial charge in [0.2, 0.25) is 0 Å². The van der Waals surface area contributed by atoms with Gasteiger partial charge < -0.3 is 4.74 Å². The lowest BCUT2D eigenvalue weighted by Gasteiger charge is -2.15. The smallest absolute Gasteiger partial charge is 0.118 e. The van der Waals surface area contributed by atoms with Gasteiger partial charge in [-0.15, -0.1) is 0 Å². The summed E-state index contributed by atoms with van der Waals surface area (Å²) in [6.07, 6.45) is 7.74. The summed E-state index contributed by atoms with van der Waals surface area (Å²) in [5.74, 6) is 6.55. The van der Waals surface area contributed by atoms with E-state index < -0.39 is 0 Å². The molecule has 4 nitrogen and oxygen atoms in total. The van der Waals surface area contributed by atoms with Crippen LogP contribution in [-0.4, -0.2) is 18.1 Å². The molecule has 21 heavy (non-hydrogen) atoms. The summed E-state index contributed by atoms with van der Waals surface area (Å²) in [5.41, 5.74) is 5.48. The fraction of sp³-hybridized carbons (Fsp3) is 0.353. The highest BCUT2D eigenvalue weighted by molar-refractivity contribution is 5.27. The number of pyridine rings is 1. The molecule has 1 heterocycles. The number of nitrogens with two attached hydrogens (primary N) is 1. The number of benzene rings is 1. The topological polar surface area (TPSA) is 60.2 Å². The maximum Gasteiger partial charge on any atom is 0.118 e. The highest BCUT2D eigenvalue weighted by Crippen LogP contribution is 2.14. The third kappa shape index (κ3) is 5.17. The van der Waals surface area contributed by atoms with Gasteiger partial charge in [0.05, 0.1) is 7.11 Å². The second kappa shape index (κ2) is 8.39. The van der Waals surface area contributed by atoms with Crippen molar-refractivity contribution in [1.29, 1.82) is 0 Å². The van der Waals surface area contributed by atoms with E-state index in [-0.39, 0.29) is 0 Å². The van der Waals surface area contributed by atoms with Gasteiger partial charge in [0.15, 0.2) is 0 Å². The summed E-state index contributed by atoms with van der Waals surface area (Å²) in [6, 6.07) is 12.6. The molecule has 0 saturated carbocycles. The molecule has 0 aliphatic heterocycles. The molecule has 0 aliphatic rings. The molecule has 0 saturated heterocycles. The monoisotopic (exact) mass is 285 g/mol. The molecule has 0 fully saturated rings. The van der Waals surface area contributed by atoms with Crippen LogP contribution in [0.25, 0.3) is 0 Å². The third-order valence-electron chi connectivity index (χ3n) is 3.68. The Hall–Kier alpha value is -1.91. The molecule has 4 heteroatoms. The molecule has 0 aliphatic carbocycles. The van der Waals surface area contributed by atoms with Crippen LogP contribution in [0, 0.1) is 0 Å². The first kappa shape index (κ1) is 15.5. The van der Waals surface area contributed by atoms with Crippen molar-refractivity contribution in [3.63, 3.8) is 0 Å². The number of ether oxygens (including phenoxy) is 1. The molecule has 2 aromatic rings. The Morgan fingerprint density at radius 1 is 1.10 bits per heavy atom. The molecule has 0 radical (unpaired) electrons. The van der Waals surface area contributed by atoms with Crippen LogP contribution in [-0.2, 0) is 12.8 Å². The Balaban J connectivity index is 1.79. The van der Waals surface area contributed by atoms with Crippen LogP contribution < -0.4 is 16.0 Å². The lowest BCUT2D eigenvalue weighted by Crippen LogP contribution is -2.35. The fourth-order valence-corrected chi connectivity index (χ4v) is 2.33. The number of nitrogens with zero attached hydrogens (tertiary/aromatic N) is 1. The molecular formula is C17H23N3O. The summed E-state index contributed by atoms with van der Waals surface area (Å²) >= 11 is 0. The Morgan fingerprint density at radius 2 is 1.81 bits per heavy atom. The van der Waals surface area contributed by atoms with Crippen LogP contribution in [0.3, 0.4) is 0 Å². The molecule has 0 spiro atoms. The van der Waals surface area contributed by atoms with Crippen LogP contribution in [0.5, 0.6) is 5.75 Å². The van der Waals surface area contributed by atoms with E-state index in [1.54, 1.807) is 13.3 Å². The number of hydrazine groups is 1. The van der Waals surface area contributed by atoms with Crippen molar-refractivity contribution in [2.75, 3.05) is 7.11 Å². The van der Waals surface area contributed by atoms with Gasteiger partial charge in [0, 0.05) is 18.4 Å². The second-order valence-electron chi connectivity index (χ2n) is 5.15. The van der Waals surface area contributed by atoms with E-state index in [2.05, 4.69) is 28.6 Å². The van der Waals surface area contributed by atoms with Crippen LogP contribution in [0.15, 0.2) is 48.8 Å². The van der Waals surface area contributed by atoms with Gasteiger partial charge in [0.25, 0.3) is 0 Å². The largest absolute Gasteiger partial charge is 0.497 e. The minimum Gasteiger partial charge on any atom is -0.497 e. The molecule has 1 aromatic heterocycles. The molecule has 1 aromatic carbocycles. The fourth-order valence-electron chi connectivity index (χ4n) is 2.33. The van der Waals surface area contributed by atoms with Gasteiger partial charge in [-0.25, -0.2) is 0 Å². The molecule has 0 bridgehead atoms. The molecule has 3 N–H and O–H groups in total. The van der Waals surface area contributed by atoms with Gasteiger partial charge in [-0.1, -0.05) is 18.2 Å². The van der Waals surface area contributed by atoms with Crippen molar-refractivity contribution >= 4 is 0 Å². The molecule has 2 rings (SSSR count). The zero-order valence-corrected chi connectivity index (χ0v) is 12.5. The Bertz CT molecular complexity index is 513. The normalized spacial score (nSPS) is 12.1. The number of aromatic nitrogens is 1. The second-order valence-corrected chi connectivity index (χ2v) is 5.15. The molecule has 1 atom stereocenters. The number of hydrogen-bond donors (Lipinski definition) is 2. The molecular weight excluding hydrogens is 262 g/mol. The summed E-state index contributed by atoms with van der Waals surface area (Å²) < 4.78 is 5.17. The van der Waals surface area contributed by atoms with Crippen molar-refractivity contribution in [3.8, 4) is 5.75 Å². The Labute approximate surface area is 126 Å². The summed E-state index contributed by atoms with van der Waals surface area (Å²) in [5, 5.41) is 0. The van der Waals surface area contributed by atoms with Crippen molar-refractivity contribution in [2.45, 2.75) is 31.7 Å². The van der Waals surface area contributed by atoms with Gasteiger partial charge in [0.1, 0.15) is 5.75 Å². The number of aryl methyl sites for hydroxylation is 2. The van der Waals surface area contributed by atoms with Crippen LogP contribution in [0.4, 0.5) is 0 Å². The molecule has 1 unspecified atom stereocenters. The Morgan fingerprint density at radius 3 is 2.38 bits per heavy atom. The van der Waals surface area contributed by atoms with Gasteiger partial charge in [-0.05, 0) is 55.0 Å². The summed E-state index contributed by atoms with van der Waals surface area (Å²) in [6.45, 7) is 0. The quantitative estimate of drug-likeness (QED) is 0.578. The predicted molar refractivity (Wildman–Crippen MR) is 85.0 cm³/mol. The number of hydrogen-bond acceptors (Lipinski definition) is 4. The lowest BCUT2D eigenvalue weighted by atomic mass is 10.00. The summed E-state index contributed by atoms with van der Waals surface area (Å²) in [7, 11) is 1.68. The standard InChI is InChI=1S/C17H23N3O/c1-21-17-10-6-14(7-11-17)4-8-16(20-18)9-5-15-3-2-12-19-13-15/h2-3,6-7,10-13,16,20H,4-5,8-9,18H2,1H3. The minimum absolute atomic E-state index is 0.312. The first-order valence-corrected chi connectivity index (χ1v) is 7.30. The highest BCUT2D eigenvalue weighted by atomic mass is 16.5. The van der Waals surface area contributed by atoms with Crippen molar-refractivity contribution < 1.29 is 4.74 Å². The highest BCUT2D eigenvalue weighted by Gasteiger charge is 2.07. The number of methoxy groups -OCH3 is 1. The van der Waals surface area contributed by atoms with Gasteiger partial charge in [-0.2, -0.15) is 0 Å². The Kier molecular flexibility index (Phi) is 6.19. The number of nitrogens with one attached hydrogen (secondary N) is 1. The van der Waals surface area contributed by atoms with E-state index in [4.69, 9.17) is 10.6 Å². The van der Waals surface area contributed by atoms with E-state index in [1.807, 2.05) is 24.4 Å². The minimum atomic E-state index is 0.312. The summed E-state index contributed by atoms with van der Waals surface area (Å²) in [4.78, 5) is 4.13. The molecule has 112 valence electrons. The maximum atomic E-state index is 5.66. The first-order chi connectivity index (χ1) is 10.3. The van der Waals surface area contributed by atoms with Gasteiger partial charge in [-0.3, -0.25) is 16.3 Å². The average molecular weight is 285 g/mol. The zero-order valence-electron chi connectivity index (χ0n) is 12.5. The average Bonchev–Trinajstić information content (AvgIpc) is 2.56. The third-order valence-corrected chi connectivity index (χ3v) is 3.68. The zero-order chi connectivity index (χ0) is 14.9. The van der Waals surface area contributed by atoms with E-state index in [9.17, 15) is 0 Å². The maximum absolute atomic E-state index is 5.66. The first-order valence-electron chi connectivity index (χ1n) is 7.30. The van der Waals surface area contributed by atoms with E-state index >= 15 is 0 Å². The van der Waals surface area contributed by atoms with Crippen molar-refractivity contribution in [1.82, 2.24) is 10.4 Å². The molecule has 0 amide bonds. The number of rotatable bonds is 8.